The zero-order chi connectivity index (χ0) is 19.8. The number of hydrogen-bond donors (Lipinski definition) is 1. The van der Waals surface area contributed by atoms with Gasteiger partial charge in [-0.25, -0.2) is 0 Å². The number of aliphatic hydroxyl groups excluding tert-OH is 1. The molecule has 154 valence electrons. The lowest BCUT2D eigenvalue weighted by molar-refractivity contribution is -0.244. The Labute approximate surface area is 164 Å². The molecule has 4 bridgehead atoms. The van der Waals surface area contributed by atoms with Crippen LogP contribution in [0.3, 0.4) is 0 Å². The fourth-order valence-electron chi connectivity index (χ4n) is 6.87. The Hall–Kier alpha value is -0.610. The van der Waals surface area contributed by atoms with E-state index in [1.54, 1.807) is 0 Å². The molecule has 8 atom stereocenters. The van der Waals surface area contributed by atoms with Gasteiger partial charge >= 0.3 is 5.97 Å². The van der Waals surface area contributed by atoms with Crippen LogP contribution in [0.1, 0.15) is 80.1 Å². The highest BCUT2D eigenvalue weighted by atomic mass is 16.6. The van der Waals surface area contributed by atoms with Crippen molar-refractivity contribution in [1.29, 1.82) is 0 Å². The average molecular weight is 379 g/mol. The lowest BCUT2D eigenvalue weighted by Crippen LogP contribution is -2.54. The summed E-state index contributed by atoms with van der Waals surface area (Å²) in [5.74, 6) is 2.58. The predicted octanol–water partition coefficient (Wildman–Crippen LogP) is 4.54. The predicted molar refractivity (Wildman–Crippen MR) is 104 cm³/mol. The van der Waals surface area contributed by atoms with E-state index in [2.05, 4.69) is 0 Å². The van der Waals surface area contributed by atoms with Gasteiger partial charge in [-0.15, -0.1) is 0 Å². The number of hydrogen-bond acceptors (Lipinski definition) is 4. The van der Waals surface area contributed by atoms with E-state index in [9.17, 15) is 9.90 Å². The monoisotopic (exact) mass is 378 g/mol. The molecule has 4 heteroatoms. The van der Waals surface area contributed by atoms with Gasteiger partial charge in [0.2, 0.25) is 0 Å². The Morgan fingerprint density at radius 2 is 1.81 bits per heavy atom. The summed E-state index contributed by atoms with van der Waals surface area (Å²) in [4.78, 5) is 12.7. The third-order valence-electron chi connectivity index (χ3n) is 8.13. The van der Waals surface area contributed by atoms with Gasteiger partial charge < -0.3 is 14.6 Å². The fraction of sp³-hybridized carbons (Fsp3) is 0.957. The number of aliphatic hydroxyl groups is 1. The van der Waals surface area contributed by atoms with Crippen LogP contribution in [0.4, 0.5) is 0 Å². The molecular formula is C23H38O4. The van der Waals surface area contributed by atoms with Gasteiger partial charge in [0.25, 0.3) is 0 Å². The van der Waals surface area contributed by atoms with Crippen molar-refractivity contribution in [2.24, 2.45) is 39.9 Å². The molecular weight excluding hydrogens is 340 g/mol. The van der Waals surface area contributed by atoms with Gasteiger partial charge in [-0.3, -0.25) is 4.79 Å². The number of carbonyl (C=O) groups excluding carboxylic acids is 1. The van der Waals surface area contributed by atoms with Crippen molar-refractivity contribution in [2.45, 2.75) is 98.6 Å². The molecule has 4 aliphatic rings. The van der Waals surface area contributed by atoms with Crippen LogP contribution in [0.5, 0.6) is 0 Å². The Morgan fingerprint density at radius 1 is 1.11 bits per heavy atom. The number of carbonyl (C=O) groups is 1. The average Bonchev–Trinajstić information content (AvgIpc) is 3.19. The standard InChI is InChI=1S/C23H38O4/c1-21(2,3)19(24)26-16-12-23-10-9-15(17(23)13-7-8-14(23)11-13)18(16)27-20(25)22(4,5)6/h13-19,24H,7-12H2,1-6H3. The number of fused-ring (bicyclic) bond motifs is 2. The van der Waals surface area contributed by atoms with Crippen molar-refractivity contribution in [3.8, 4) is 0 Å². The second-order valence-electron chi connectivity index (χ2n) is 11.9. The molecule has 4 nitrogen and oxygen atoms in total. The Balaban J connectivity index is 1.62. The molecule has 0 saturated heterocycles. The summed E-state index contributed by atoms with van der Waals surface area (Å²) in [6.45, 7) is 11.7. The quantitative estimate of drug-likeness (QED) is 0.579. The van der Waals surface area contributed by atoms with Crippen LogP contribution in [0.25, 0.3) is 0 Å². The van der Waals surface area contributed by atoms with E-state index in [1.165, 1.54) is 25.7 Å². The molecule has 4 aliphatic carbocycles. The summed E-state index contributed by atoms with van der Waals surface area (Å²) in [5, 5.41) is 10.6. The molecule has 0 aliphatic heterocycles. The van der Waals surface area contributed by atoms with Gasteiger partial charge in [-0.2, -0.15) is 0 Å². The highest BCUT2D eigenvalue weighted by Gasteiger charge is 2.68. The van der Waals surface area contributed by atoms with Crippen molar-refractivity contribution in [2.75, 3.05) is 0 Å². The topological polar surface area (TPSA) is 55.8 Å². The summed E-state index contributed by atoms with van der Waals surface area (Å²) in [7, 11) is 0. The molecule has 4 saturated carbocycles. The van der Waals surface area contributed by atoms with E-state index in [4.69, 9.17) is 9.47 Å². The minimum atomic E-state index is -0.843. The first-order valence-electron chi connectivity index (χ1n) is 11.0. The molecule has 1 N–H and O–H groups in total. The molecule has 4 rings (SSSR count). The van der Waals surface area contributed by atoms with E-state index >= 15 is 0 Å². The maximum absolute atomic E-state index is 12.7. The lowest BCUT2D eigenvalue weighted by Gasteiger charge is -2.51. The van der Waals surface area contributed by atoms with Gasteiger partial charge in [0.15, 0.2) is 6.29 Å². The zero-order valence-corrected chi connectivity index (χ0v) is 18.0. The minimum absolute atomic E-state index is 0.145. The van der Waals surface area contributed by atoms with Crippen molar-refractivity contribution in [3.63, 3.8) is 0 Å². The third kappa shape index (κ3) is 3.06. The largest absolute Gasteiger partial charge is 0.459 e. The SMILES string of the molecule is CC(C)(C)C(=O)OC1C(OC(O)C(C)(C)C)CC23CCC1C2C1CCC3C1. The molecule has 4 fully saturated rings. The van der Waals surface area contributed by atoms with Crippen LogP contribution >= 0.6 is 0 Å². The Morgan fingerprint density at radius 3 is 2.44 bits per heavy atom. The molecule has 8 unspecified atom stereocenters. The lowest BCUT2D eigenvalue weighted by atomic mass is 9.59. The summed E-state index contributed by atoms with van der Waals surface area (Å²) in [5.41, 5.74) is -0.490. The van der Waals surface area contributed by atoms with Gasteiger partial charge in [-0.05, 0) is 82.5 Å². The van der Waals surface area contributed by atoms with Gasteiger partial charge in [0.05, 0.1) is 11.5 Å². The van der Waals surface area contributed by atoms with Gasteiger partial charge in [0.1, 0.15) is 6.10 Å². The Kier molecular flexibility index (Phi) is 4.52. The van der Waals surface area contributed by atoms with Crippen LogP contribution in [-0.2, 0) is 14.3 Å². The summed E-state index contributed by atoms with van der Waals surface area (Å²) < 4.78 is 12.4. The summed E-state index contributed by atoms with van der Waals surface area (Å²) in [6.07, 6.45) is 6.16. The molecule has 0 aromatic heterocycles. The summed E-state index contributed by atoms with van der Waals surface area (Å²) in [6, 6.07) is 0. The molecule has 0 radical (unpaired) electrons. The minimum Gasteiger partial charge on any atom is -0.459 e. The van der Waals surface area contributed by atoms with Crippen molar-refractivity contribution >= 4 is 5.97 Å². The molecule has 0 spiro atoms. The van der Waals surface area contributed by atoms with Crippen LogP contribution in [0.2, 0.25) is 0 Å². The zero-order valence-electron chi connectivity index (χ0n) is 18.0. The number of rotatable bonds is 3. The molecule has 0 aromatic carbocycles. The molecule has 0 amide bonds. The molecule has 0 aromatic rings. The van der Waals surface area contributed by atoms with E-state index in [0.29, 0.717) is 17.3 Å². The highest BCUT2D eigenvalue weighted by molar-refractivity contribution is 5.75. The van der Waals surface area contributed by atoms with E-state index < -0.39 is 11.7 Å². The van der Waals surface area contributed by atoms with Gasteiger partial charge in [-0.1, -0.05) is 20.8 Å². The molecule has 27 heavy (non-hydrogen) atoms. The third-order valence-corrected chi connectivity index (χ3v) is 8.13. The normalized spacial score (nSPS) is 44.3. The number of ether oxygens (including phenoxy) is 2. The van der Waals surface area contributed by atoms with Crippen LogP contribution < -0.4 is 0 Å². The van der Waals surface area contributed by atoms with Crippen LogP contribution in [-0.4, -0.2) is 29.6 Å². The second kappa shape index (κ2) is 6.19. The first-order chi connectivity index (χ1) is 12.4. The van der Waals surface area contributed by atoms with Crippen LogP contribution in [0.15, 0.2) is 0 Å². The first-order valence-corrected chi connectivity index (χ1v) is 11.0. The number of esters is 1. The van der Waals surface area contributed by atoms with E-state index in [1.807, 2.05) is 41.5 Å². The smallest absolute Gasteiger partial charge is 0.311 e. The highest BCUT2D eigenvalue weighted by Crippen LogP contribution is 2.72. The first kappa shape index (κ1) is 19.7. The molecule has 0 heterocycles. The van der Waals surface area contributed by atoms with Gasteiger partial charge in [0, 0.05) is 11.3 Å². The maximum Gasteiger partial charge on any atom is 0.311 e. The van der Waals surface area contributed by atoms with Crippen molar-refractivity contribution < 1.29 is 19.4 Å². The Bertz CT molecular complexity index is 600. The van der Waals surface area contributed by atoms with Crippen molar-refractivity contribution in [3.05, 3.63) is 0 Å². The van der Waals surface area contributed by atoms with Crippen LogP contribution in [0, 0.1) is 39.9 Å². The maximum atomic E-state index is 12.7. The summed E-state index contributed by atoms with van der Waals surface area (Å²) >= 11 is 0. The van der Waals surface area contributed by atoms with Crippen molar-refractivity contribution in [1.82, 2.24) is 0 Å². The van der Waals surface area contributed by atoms with E-state index in [0.717, 1.165) is 24.7 Å². The fourth-order valence-corrected chi connectivity index (χ4v) is 6.87. The second-order valence-corrected chi connectivity index (χ2v) is 11.9. The van der Waals surface area contributed by atoms with E-state index in [-0.39, 0.29) is 23.6 Å².